The monoisotopic (exact) mass is 1550 g/mol. The highest BCUT2D eigenvalue weighted by Gasteiger charge is 2.32. The minimum atomic E-state index is -0.577. The molecule has 6 aromatic heterocycles. The van der Waals surface area contributed by atoms with Crippen molar-refractivity contribution in [3.05, 3.63) is 247 Å². The molecule has 5 aliphatic rings. The minimum Gasteiger partial charge on any atom is -0.491 e. The number of carbonyl (C=O) groups is 7. The van der Waals surface area contributed by atoms with Gasteiger partial charge in [0.05, 0.1) is 0 Å². The molecule has 0 radical (unpaired) electrons. The summed E-state index contributed by atoms with van der Waals surface area (Å²) in [7, 11) is 0. The third kappa shape index (κ3) is 29.1. The predicted molar refractivity (Wildman–Crippen MR) is 440 cm³/mol. The number of likely N-dealkylation sites (tertiary alicyclic amines) is 4. The number of nitrogens with one attached hydrogen (secondary N) is 6. The van der Waals surface area contributed by atoms with Gasteiger partial charge in [0.2, 0.25) is 29.5 Å². The summed E-state index contributed by atoms with van der Waals surface area (Å²) in [5.74, 6) is 1.96. The van der Waals surface area contributed by atoms with Crippen molar-refractivity contribution in [2.45, 2.75) is 96.7 Å². The molecule has 1 atom stereocenters. The number of rotatable bonds is 22. The number of nitrogens with zero attached hydrogens (tertiary/aromatic N) is 9. The first-order valence-corrected chi connectivity index (χ1v) is 40.1. The summed E-state index contributed by atoms with van der Waals surface area (Å²) in [5, 5.41) is 30.4. The van der Waals surface area contributed by atoms with Crippen molar-refractivity contribution in [1.82, 2.24) is 49.8 Å². The summed E-state index contributed by atoms with van der Waals surface area (Å²) < 4.78 is 11.3. The molecule has 7 amide bonds. The van der Waals surface area contributed by atoms with E-state index < -0.39 is 6.10 Å². The molecule has 0 saturated carbocycles. The molecule has 3 aromatic carbocycles. The van der Waals surface area contributed by atoms with Gasteiger partial charge in [0.15, 0.2) is 0 Å². The Kier molecular flexibility index (Phi) is 34.8. The highest BCUT2D eigenvalue weighted by Crippen LogP contribution is 2.28. The number of piperidine rings is 5. The summed E-state index contributed by atoms with van der Waals surface area (Å²) in [6.45, 7) is 12.2. The molecule has 14 rings (SSSR count). The first kappa shape index (κ1) is 84.3. The van der Waals surface area contributed by atoms with E-state index in [0.29, 0.717) is 69.8 Å². The molecule has 0 bridgehead atoms. The summed E-state index contributed by atoms with van der Waals surface area (Å²) >= 11 is 1.73. The molecule has 1 unspecified atom stereocenters. The van der Waals surface area contributed by atoms with Gasteiger partial charge in [-0.1, -0.05) is 85.8 Å². The van der Waals surface area contributed by atoms with E-state index in [1.165, 1.54) is 11.3 Å². The molecular weight excluding hydrogens is 1450 g/mol. The number of thiophene rings is 1. The number of pyridine rings is 5. The standard InChI is InChI=1S/C25H29N3O3S.C19H21N3O3.C18H19N3O2.C14H21N3O.C11H15N3O/c29-22(18-31-24-6-2-1-4-20(24)16-23-5-3-15-32-23)17-28-13-9-19(10-14-28)25(30)27-21-7-11-26-12-8-21;23-18(21-17-6-10-20-11-7-17)16-8-12-22(13-9-16)19(24)25-14-15-4-2-1-3-5-15;22-17(20-16-6-10-19-11-7-16)14-8-12-21(13-9-14)18(23)15-4-2-1-3-5-15;1-2-9-17-10-5-12(6-11-17)14(18)16-13-3-7-15-8-4-13;15-11(9-4-7-12-8-5-9)14-10-3-1-2-6-13-10/h1-8,11-12,15,19,22,29H,9-10,13-14,16-18H2,(H,26,27,30);1-7,10-11,16H,8-9,12-14H2,(H,20,21,23);1-7,10-11,14H,8-9,12-13H2,(H,19,20,22);3-4,7-8,12H,2,5-6,9-11H2,1H3,(H,15,16,18);1-3,6,9,12H,4-5,7-8H2,(H,13,14,15). The third-order valence-electron chi connectivity index (χ3n) is 20.2. The number of para-hydroxylation sites is 1. The second-order valence-electron chi connectivity index (χ2n) is 28.4. The fourth-order valence-electron chi connectivity index (χ4n) is 13.8. The third-order valence-corrected chi connectivity index (χ3v) is 21.1. The Bertz CT molecular complexity index is 4270. The van der Waals surface area contributed by atoms with Crippen LogP contribution in [-0.2, 0) is 41.7 Å². The van der Waals surface area contributed by atoms with Crippen LogP contribution in [-0.4, -0.2) is 182 Å². The van der Waals surface area contributed by atoms with Crippen molar-refractivity contribution in [3.63, 3.8) is 0 Å². The Morgan fingerprint density at radius 1 is 0.469 bits per heavy atom. The maximum atomic E-state index is 12.5. The molecule has 0 aliphatic carbocycles. The number of β-amino-alcohol motifs (C(OH)–C–C–N with tert-alkyl or cyclic N) is 1. The van der Waals surface area contributed by atoms with Crippen molar-refractivity contribution in [3.8, 4) is 5.75 Å². The second kappa shape index (κ2) is 46.6. The van der Waals surface area contributed by atoms with E-state index in [0.717, 1.165) is 130 Å². The molecule has 7 N–H and O–H groups in total. The minimum absolute atomic E-state index is 0.00284. The van der Waals surface area contributed by atoms with Crippen LogP contribution in [0, 0.1) is 29.6 Å². The largest absolute Gasteiger partial charge is 0.491 e. The molecule has 25 nitrogen and oxygen atoms in total. The van der Waals surface area contributed by atoms with Crippen LogP contribution in [0.3, 0.4) is 0 Å². The van der Waals surface area contributed by atoms with Crippen molar-refractivity contribution in [1.29, 1.82) is 0 Å². The topological polar surface area (TPSA) is 308 Å². The molecule has 26 heteroatoms. The number of carbonyl (C=O) groups excluding carboxylic acids is 7. The number of anilines is 5. The highest BCUT2D eigenvalue weighted by molar-refractivity contribution is 7.09. The van der Waals surface area contributed by atoms with Gasteiger partial charge < -0.3 is 66.1 Å². The van der Waals surface area contributed by atoms with Crippen LogP contribution in [0.25, 0.3) is 0 Å². The molecule has 594 valence electrons. The quantitative estimate of drug-likeness (QED) is 0.0332. The molecule has 11 heterocycles. The van der Waals surface area contributed by atoms with Gasteiger partial charge >= 0.3 is 6.09 Å². The Balaban J connectivity index is 0.000000153. The normalized spacial score (nSPS) is 16.0. The van der Waals surface area contributed by atoms with Crippen LogP contribution in [0.5, 0.6) is 5.75 Å². The van der Waals surface area contributed by atoms with Gasteiger partial charge in [-0.25, -0.2) is 9.78 Å². The molecule has 0 spiro atoms. The first-order valence-electron chi connectivity index (χ1n) is 39.2. The number of benzene rings is 3. The lowest BCUT2D eigenvalue weighted by Gasteiger charge is -2.32. The van der Waals surface area contributed by atoms with Crippen LogP contribution < -0.4 is 36.6 Å². The lowest BCUT2D eigenvalue weighted by atomic mass is 9.95. The summed E-state index contributed by atoms with van der Waals surface area (Å²) in [5.41, 5.74) is 5.90. The van der Waals surface area contributed by atoms with Crippen molar-refractivity contribution in [2.24, 2.45) is 29.6 Å². The predicted octanol–water partition coefficient (Wildman–Crippen LogP) is 12.6. The zero-order valence-electron chi connectivity index (χ0n) is 64.3. The summed E-state index contributed by atoms with van der Waals surface area (Å²) in [6, 6.07) is 50.8. The van der Waals surface area contributed by atoms with Crippen LogP contribution in [0.4, 0.5) is 33.4 Å². The van der Waals surface area contributed by atoms with Gasteiger partial charge in [-0.15, -0.1) is 11.3 Å². The molecule has 5 saturated heterocycles. The van der Waals surface area contributed by atoms with Crippen LogP contribution in [0.15, 0.2) is 225 Å². The Morgan fingerprint density at radius 2 is 0.903 bits per heavy atom. The lowest BCUT2D eigenvalue weighted by molar-refractivity contribution is -0.122. The second-order valence-corrected chi connectivity index (χ2v) is 29.4. The lowest BCUT2D eigenvalue weighted by Crippen LogP contribution is -2.42. The maximum Gasteiger partial charge on any atom is 0.410 e. The Morgan fingerprint density at radius 3 is 1.37 bits per heavy atom. The van der Waals surface area contributed by atoms with E-state index in [9.17, 15) is 38.7 Å². The summed E-state index contributed by atoms with van der Waals surface area (Å²) in [4.78, 5) is 115. The van der Waals surface area contributed by atoms with Crippen LogP contribution in [0.2, 0.25) is 0 Å². The number of amides is 7. The van der Waals surface area contributed by atoms with Crippen LogP contribution >= 0.6 is 11.3 Å². The van der Waals surface area contributed by atoms with Gasteiger partial charge in [0.25, 0.3) is 5.91 Å². The van der Waals surface area contributed by atoms with Gasteiger partial charge in [-0.3, -0.25) is 48.7 Å². The van der Waals surface area contributed by atoms with Gasteiger partial charge in [0.1, 0.15) is 30.9 Å². The molecule has 5 fully saturated rings. The Hall–Kier alpha value is -11.2. The Labute approximate surface area is 666 Å². The SMILES string of the molecule is CCCN1CCC(C(=O)Nc2ccncc2)CC1.O=C(Nc1ccccn1)C1CCNCC1.O=C(Nc1ccncc1)C1CCN(C(=O)OCc2ccccc2)CC1.O=C(Nc1ccncc1)C1CCN(C(=O)c2ccccc2)CC1.O=C(Nc1ccncc1)C1CCN(CC(O)COc2ccccc2Cc2cccs2)CC1. The highest BCUT2D eigenvalue weighted by atomic mass is 32.1. The fraction of sp³-hybridized carbons (Fsp3) is 0.379. The van der Waals surface area contributed by atoms with Crippen molar-refractivity contribution in [2.75, 3.05) is 112 Å². The van der Waals surface area contributed by atoms with Crippen molar-refractivity contribution >= 4 is 81.4 Å². The van der Waals surface area contributed by atoms with E-state index in [1.54, 1.807) is 114 Å². The number of hydrogen-bond acceptors (Lipinski definition) is 19. The fourth-order valence-corrected chi connectivity index (χ4v) is 14.5. The zero-order valence-corrected chi connectivity index (χ0v) is 65.1. The number of ether oxygens (including phenoxy) is 2. The number of hydrogen-bond donors (Lipinski definition) is 7. The maximum absolute atomic E-state index is 12.5. The average molecular weight is 1550 g/mol. The van der Waals surface area contributed by atoms with E-state index in [1.807, 2.05) is 108 Å². The van der Waals surface area contributed by atoms with Gasteiger partial charge in [-0.05, 0) is 218 Å². The van der Waals surface area contributed by atoms with E-state index in [-0.39, 0.29) is 84.3 Å². The average Bonchev–Trinajstić information content (AvgIpc) is 1.25. The number of aromatic nitrogens is 5. The van der Waals surface area contributed by atoms with E-state index >= 15 is 0 Å². The smallest absolute Gasteiger partial charge is 0.410 e. The summed E-state index contributed by atoms with van der Waals surface area (Å²) in [6.07, 6.45) is 24.1. The van der Waals surface area contributed by atoms with Crippen LogP contribution in [0.1, 0.15) is 104 Å². The van der Waals surface area contributed by atoms with Gasteiger partial charge in [-0.2, -0.15) is 0 Å². The molecule has 5 aliphatic heterocycles. The van der Waals surface area contributed by atoms with E-state index in [4.69, 9.17) is 9.47 Å². The molecule has 9 aromatic rings. The van der Waals surface area contributed by atoms with E-state index in [2.05, 4.69) is 97.1 Å². The van der Waals surface area contributed by atoms with Crippen molar-refractivity contribution < 1.29 is 48.1 Å². The molecule has 113 heavy (non-hydrogen) atoms. The molecular formula is C87H105N15O10S. The first-order chi connectivity index (χ1) is 55.3. The number of aliphatic hydroxyl groups excluding tert-OH is 1. The van der Waals surface area contributed by atoms with Gasteiger partial charge in [0, 0.05) is 158 Å². The number of aliphatic hydroxyl groups is 1. The zero-order chi connectivity index (χ0) is 79.0.